The summed E-state index contributed by atoms with van der Waals surface area (Å²) in [6, 6.07) is 14.3. The van der Waals surface area contributed by atoms with Gasteiger partial charge in [-0.05, 0) is 44.0 Å². The van der Waals surface area contributed by atoms with E-state index in [1.165, 1.54) is 4.90 Å². The molecular weight excluding hydrogens is 394 g/mol. The molecule has 2 atom stereocenters. The van der Waals surface area contributed by atoms with Crippen LogP contribution >= 0.6 is 11.6 Å². The summed E-state index contributed by atoms with van der Waals surface area (Å²) in [5, 5.41) is 9.93. The van der Waals surface area contributed by atoms with Crippen LogP contribution in [-0.2, 0) is 9.53 Å². The first-order chi connectivity index (χ1) is 13.6. The molecule has 3 rings (SSSR count). The molecular formula is C22H24ClNO5. The van der Waals surface area contributed by atoms with Gasteiger partial charge in [-0.25, -0.2) is 9.59 Å². The monoisotopic (exact) mass is 417 g/mol. The van der Waals surface area contributed by atoms with E-state index >= 15 is 0 Å². The molecule has 1 aliphatic rings. The number of carbonyl (C=O) groups excluding carboxylic acids is 1. The molecule has 29 heavy (non-hydrogen) atoms. The average molecular weight is 418 g/mol. The molecule has 1 fully saturated rings. The number of aliphatic carboxylic acids is 1. The number of benzene rings is 2. The Bertz CT molecular complexity index is 894. The van der Waals surface area contributed by atoms with Gasteiger partial charge in [0, 0.05) is 6.42 Å². The SMILES string of the molecule is CC(C)(C)OC(=O)N1CC(Oc2ccc(-c3ccccc3)cc2Cl)CC1C(=O)O. The highest BCUT2D eigenvalue weighted by Crippen LogP contribution is 2.33. The number of carboxylic acid groups (broad SMARTS) is 1. The minimum atomic E-state index is -1.09. The number of ether oxygens (including phenoxy) is 2. The molecule has 0 radical (unpaired) electrons. The van der Waals surface area contributed by atoms with Gasteiger partial charge in [0.25, 0.3) is 0 Å². The van der Waals surface area contributed by atoms with Crippen LogP contribution < -0.4 is 4.74 Å². The minimum Gasteiger partial charge on any atom is -0.487 e. The number of nitrogens with zero attached hydrogens (tertiary/aromatic N) is 1. The van der Waals surface area contributed by atoms with Crippen molar-refractivity contribution in [3.8, 4) is 16.9 Å². The second-order valence-corrected chi connectivity index (χ2v) is 8.38. The van der Waals surface area contributed by atoms with Gasteiger partial charge in [0.1, 0.15) is 23.5 Å². The first kappa shape index (κ1) is 21.0. The molecule has 154 valence electrons. The van der Waals surface area contributed by atoms with Crippen LogP contribution in [0.3, 0.4) is 0 Å². The highest BCUT2D eigenvalue weighted by molar-refractivity contribution is 6.32. The van der Waals surface area contributed by atoms with E-state index < -0.39 is 29.8 Å². The molecule has 7 heteroatoms. The largest absolute Gasteiger partial charge is 0.487 e. The molecule has 6 nitrogen and oxygen atoms in total. The maximum atomic E-state index is 12.4. The molecule has 2 aromatic rings. The van der Waals surface area contributed by atoms with Crippen molar-refractivity contribution in [2.45, 2.75) is 44.9 Å². The van der Waals surface area contributed by atoms with Crippen LogP contribution in [0.1, 0.15) is 27.2 Å². The fraction of sp³-hybridized carbons (Fsp3) is 0.364. The topological polar surface area (TPSA) is 76.1 Å². The van der Waals surface area contributed by atoms with E-state index in [0.29, 0.717) is 10.8 Å². The van der Waals surface area contributed by atoms with E-state index in [1.807, 2.05) is 42.5 Å². The summed E-state index contributed by atoms with van der Waals surface area (Å²) in [5.41, 5.74) is 1.27. The molecule has 0 saturated carbocycles. The van der Waals surface area contributed by atoms with Crippen LogP contribution in [0, 0.1) is 0 Å². The number of halogens is 1. The zero-order valence-corrected chi connectivity index (χ0v) is 17.3. The first-order valence-corrected chi connectivity index (χ1v) is 9.76. The molecule has 0 spiro atoms. The lowest BCUT2D eigenvalue weighted by Crippen LogP contribution is -2.43. The van der Waals surface area contributed by atoms with Crippen molar-refractivity contribution >= 4 is 23.7 Å². The van der Waals surface area contributed by atoms with E-state index in [9.17, 15) is 14.7 Å². The Hall–Kier alpha value is -2.73. The molecule has 2 unspecified atom stereocenters. The van der Waals surface area contributed by atoms with Crippen molar-refractivity contribution in [1.29, 1.82) is 0 Å². The van der Waals surface area contributed by atoms with Gasteiger partial charge in [0.05, 0.1) is 11.6 Å². The predicted molar refractivity (Wildman–Crippen MR) is 110 cm³/mol. The quantitative estimate of drug-likeness (QED) is 0.769. The van der Waals surface area contributed by atoms with Gasteiger partial charge in [0.15, 0.2) is 0 Å². The molecule has 0 bridgehead atoms. The van der Waals surface area contributed by atoms with Crippen LogP contribution in [0.15, 0.2) is 48.5 Å². The third-order valence-corrected chi connectivity index (χ3v) is 4.80. The number of likely N-dealkylation sites (tertiary alicyclic amines) is 1. The fourth-order valence-corrected chi connectivity index (χ4v) is 3.45. The van der Waals surface area contributed by atoms with Crippen LogP contribution in [0.5, 0.6) is 5.75 Å². The van der Waals surface area contributed by atoms with Gasteiger partial charge < -0.3 is 14.6 Å². The molecule has 2 aromatic carbocycles. The molecule has 0 aliphatic carbocycles. The van der Waals surface area contributed by atoms with Gasteiger partial charge in [-0.15, -0.1) is 0 Å². The molecule has 1 saturated heterocycles. The second-order valence-electron chi connectivity index (χ2n) is 7.97. The number of rotatable bonds is 4. The van der Waals surface area contributed by atoms with Crippen molar-refractivity contribution < 1.29 is 24.2 Å². The van der Waals surface area contributed by atoms with Crippen LogP contribution in [-0.4, -0.2) is 46.4 Å². The lowest BCUT2D eigenvalue weighted by Gasteiger charge is -2.26. The molecule has 1 amide bonds. The van der Waals surface area contributed by atoms with Crippen molar-refractivity contribution in [2.24, 2.45) is 0 Å². The number of carboxylic acids is 1. The van der Waals surface area contributed by atoms with Gasteiger partial charge in [-0.1, -0.05) is 48.0 Å². The Balaban J connectivity index is 1.73. The summed E-state index contributed by atoms with van der Waals surface area (Å²) in [6.07, 6.45) is -1.00. The number of hydrogen-bond acceptors (Lipinski definition) is 4. The highest BCUT2D eigenvalue weighted by atomic mass is 35.5. The molecule has 1 N–H and O–H groups in total. The zero-order chi connectivity index (χ0) is 21.2. The van der Waals surface area contributed by atoms with Gasteiger partial charge in [0.2, 0.25) is 0 Å². The minimum absolute atomic E-state index is 0.114. The van der Waals surface area contributed by atoms with E-state index in [2.05, 4.69) is 0 Å². The molecule has 0 aromatic heterocycles. The van der Waals surface area contributed by atoms with E-state index in [4.69, 9.17) is 21.1 Å². The zero-order valence-electron chi connectivity index (χ0n) is 16.6. The molecule has 1 aliphatic heterocycles. The van der Waals surface area contributed by atoms with Crippen molar-refractivity contribution in [1.82, 2.24) is 4.90 Å². The van der Waals surface area contributed by atoms with Gasteiger partial charge in [-0.2, -0.15) is 0 Å². The average Bonchev–Trinajstić information content (AvgIpc) is 3.07. The van der Waals surface area contributed by atoms with Gasteiger partial charge >= 0.3 is 12.1 Å². The maximum absolute atomic E-state index is 12.4. The van der Waals surface area contributed by atoms with Crippen molar-refractivity contribution in [2.75, 3.05) is 6.54 Å². The first-order valence-electron chi connectivity index (χ1n) is 9.38. The lowest BCUT2D eigenvalue weighted by atomic mass is 10.1. The summed E-state index contributed by atoms with van der Waals surface area (Å²) < 4.78 is 11.3. The number of hydrogen-bond donors (Lipinski definition) is 1. The Morgan fingerprint density at radius 3 is 2.38 bits per heavy atom. The number of carbonyl (C=O) groups is 2. The normalized spacial score (nSPS) is 19.1. The van der Waals surface area contributed by atoms with Crippen molar-refractivity contribution in [3.05, 3.63) is 53.6 Å². The smallest absolute Gasteiger partial charge is 0.411 e. The Morgan fingerprint density at radius 1 is 1.10 bits per heavy atom. The van der Waals surface area contributed by atoms with Gasteiger partial charge in [-0.3, -0.25) is 4.90 Å². The van der Waals surface area contributed by atoms with E-state index in [0.717, 1.165) is 11.1 Å². The standard InChI is InChI=1S/C22H24ClNO5/c1-22(2,3)29-21(27)24-13-16(12-18(24)20(25)26)28-19-10-9-15(11-17(19)23)14-7-5-4-6-8-14/h4-11,16,18H,12-13H2,1-3H3,(H,25,26). The van der Waals surface area contributed by atoms with E-state index in [-0.39, 0.29) is 13.0 Å². The summed E-state index contributed by atoms with van der Waals surface area (Å²) >= 11 is 6.40. The van der Waals surface area contributed by atoms with Crippen molar-refractivity contribution in [3.63, 3.8) is 0 Å². The highest BCUT2D eigenvalue weighted by Gasteiger charge is 2.42. The number of amides is 1. The third kappa shape index (κ3) is 5.21. The Labute approximate surface area is 175 Å². The maximum Gasteiger partial charge on any atom is 0.411 e. The predicted octanol–water partition coefficient (Wildman–Crippen LogP) is 4.85. The Kier molecular flexibility index (Phi) is 6.03. The summed E-state index contributed by atoms with van der Waals surface area (Å²) in [5.74, 6) is -0.640. The van der Waals surface area contributed by atoms with Crippen LogP contribution in [0.2, 0.25) is 5.02 Å². The van der Waals surface area contributed by atoms with Crippen LogP contribution in [0.4, 0.5) is 4.79 Å². The fourth-order valence-electron chi connectivity index (χ4n) is 3.23. The Morgan fingerprint density at radius 2 is 1.79 bits per heavy atom. The second kappa shape index (κ2) is 8.33. The summed E-state index contributed by atoms with van der Waals surface area (Å²) in [6.45, 7) is 5.32. The summed E-state index contributed by atoms with van der Waals surface area (Å²) in [7, 11) is 0. The molecule has 1 heterocycles. The van der Waals surface area contributed by atoms with E-state index in [1.54, 1.807) is 26.8 Å². The third-order valence-electron chi connectivity index (χ3n) is 4.51. The lowest BCUT2D eigenvalue weighted by molar-refractivity contribution is -0.142. The summed E-state index contributed by atoms with van der Waals surface area (Å²) in [4.78, 5) is 25.2. The van der Waals surface area contributed by atoms with Crippen LogP contribution in [0.25, 0.3) is 11.1 Å².